The van der Waals surface area contributed by atoms with E-state index in [2.05, 4.69) is 10.00 Å². The topological polar surface area (TPSA) is 64.4 Å². The van der Waals surface area contributed by atoms with Crippen molar-refractivity contribution in [2.45, 2.75) is 32.7 Å². The number of fused-ring (bicyclic) bond motifs is 1. The number of benzene rings is 2. The van der Waals surface area contributed by atoms with E-state index in [4.69, 9.17) is 16.3 Å². The zero-order chi connectivity index (χ0) is 24.2. The van der Waals surface area contributed by atoms with Crippen molar-refractivity contribution in [3.8, 4) is 5.75 Å². The van der Waals surface area contributed by atoms with Crippen LogP contribution in [0.15, 0.2) is 77.7 Å². The first-order chi connectivity index (χ1) is 17.0. The summed E-state index contributed by atoms with van der Waals surface area (Å²) in [5.74, 6) is 0.266. The van der Waals surface area contributed by atoms with Gasteiger partial charge in [-0.15, -0.1) is 11.3 Å². The third-order valence-corrected chi connectivity index (χ3v) is 7.61. The molecule has 6 nitrogen and oxygen atoms in total. The highest BCUT2D eigenvalue weighted by atomic mass is 35.5. The molecule has 0 atom stereocenters. The minimum atomic E-state index is -0.365. The van der Waals surface area contributed by atoms with Gasteiger partial charge in [-0.1, -0.05) is 60.1 Å². The van der Waals surface area contributed by atoms with Gasteiger partial charge in [-0.3, -0.25) is 14.5 Å². The fourth-order valence-electron chi connectivity index (χ4n) is 4.10. The summed E-state index contributed by atoms with van der Waals surface area (Å²) in [4.78, 5) is 29.7. The Kier molecular flexibility index (Phi) is 7.08. The minimum absolute atomic E-state index is 0.0967. The summed E-state index contributed by atoms with van der Waals surface area (Å²) in [5.41, 5.74) is 2.91. The smallest absolute Gasteiger partial charge is 0.270 e. The van der Waals surface area contributed by atoms with Gasteiger partial charge in [-0.05, 0) is 35.2 Å². The summed E-state index contributed by atoms with van der Waals surface area (Å²) in [6, 6.07) is 20.9. The number of halogens is 1. The molecule has 0 saturated heterocycles. The molecule has 2 aromatic heterocycles. The molecule has 2 aromatic carbocycles. The standard InChI is InChI=1S/C27H24ClN3O3S/c28-23-9-5-4-8-20(23)15-30-11-10-25-21(16-30)12-26(35-25)24(32)17-31-27(33)13-22(14-29-31)34-18-19-6-2-1-3-7-19/h1-9,12-14H,10-11,15-18H2. The van der Waals surface area contributed by atoms with E-state index in [0.717, 1.165) is 42.2 Å². The summed E-state index contributed by atoms with van der Waals surface area (Å²) in [7, 11) is 0. The number of ketones is 1. The molecule has 4 aromatic rings. The van der Waals surface area contributed by atoms with Gasteiger partial charge in [0.05, 0.1) is 11.1 Å². The Bertz CT molecular complexity index is 1400. The van der Waals surface area contributed by atoms with E-state index in [9.17, 15) is 9.59 Å². The van der Waals surface area contributed by atoms with Crippen molar-refractivity contribution in [3.63, 3.8) is 0 Å². The number of rotatable bonds is 8. The molecule has 178 valence electrons. The summed E-state index contributed by atoms with van der Waals surface area (Å²) in [5, 5.41) is 4.92. The van der Waals surface area contributed by atoms with Gasteiger partial charge >= 0.3 is 0 Å². The Hall–Kier alpha value is -3.26. The molecule has 8 heteroatoms. The number of carbonyl (C=O) groups excluding carboxylic acids is 1. The van der Waals surface area contributed by atoms with E-state index < -0.39 is 0 Å². The Balaban J connectivity index is 1.21. The van der Waals surface area contributed by atoms with Crippen LogP contribution in [0.5, 0.6) is 5.75 Å². The van der Waals surface area contributed by atoms with Gasteiger partial charge in [0.15, 0.2) is 5.78 Å². The van der Waals surface area contributed by atoms with Crippen LogP contribution in [0.1, 0.15) is 31.2 Å². The van der Waals surface area contributed by atoms with E-state index in [1.54, 1.807) is 0 Å². The lowest BCUT2D eigenvalue weighted by Gasteiger charge is -2.27. The van der Waals surface area contributed by atoms with E-state index in [1.165, 1.54) is 38.7 Å². The molecule has 0 fully saturated rings. The van der Waals surface area contributed by atoms with Gasteiger partial charge in [0.1, 0.15) is 18.9 Å². The molecule has 1 aliphatic rings. The molecular formula is C27H24ClN3O3S. The number of aromatic nitrogens is 2. The largest absolute Gasteiger partial charge is 0.487 e. The van der Waals surface area contributed by atoms with Crippen LogP contribution in [0.3, 0.4) is 0 Å². The summed E-state index contributed by atoms with van der Waals surface area (Å²) in [6.07, 6.45) is 2.37. The minimum Gasteiger partial charge on any atom is -0.487 e. The lowest BCUT2D eigenvalue weighted by atomic mass is 10.1. The molecule has 0 unspecified atom stereocenters. The van der Waals surface area contributed by atoms with Gasteiger partial charge in [0.25, 0.3) is 5.56 Å². The first-order valence-corrected chi connectivity index (χ1v) is 12.6. The second kappa shape index (κ2) is 10.6. The van der Waals surface area contributed by atoms with Crippen molar-refractivity contribution in [3.05, 3.63) is 115 Å². The lowest BCUT2D eigenvalue weighted by Crippen LogP contribution is -2.29. The van der Waals surface area contributed by atoms with Crippen LogP contribution in [-0.2, 0) is 32.7 Å². The zero-order valence-corrected chi connectivity index (χ0v) is 20.6. The Labute approximate surface area is 212 Å². The van der Waals surface area contributed by atoms with Crippen LogP contribution in [0, 0.1) is 0 Å². The average Bonchev–Trinajstić information content (AvgIpc) is 3.30. The Morgan fingerprint density at radius 1 is 1.09 bits per heavy atom. The number of hydrogen-bond acceptors (Lipinski definition) is 6. The van der Waals surface area contributed by atoms with E-state index in [0.29, 0.717) is 17.2 Å². The predicted octanol–water partition coefficient (Wildman–Crippen LogP) is 4.98. The van der Waals surface area contributed by atoms with Gasteiger partial charge in [-0.2, -0.15) is 5.10 Å². The molecule has 5 rings (SSSR count). The molecule has 0 N–H and O–H groups in total. The molecular weight excluding hydrogens is 482 g/mol. The third-order valence-electron chi connectivity index (χ3n) is 5.96. The molecule has 0 aliphatic carbocycles. The maximum atomic E-state index is 12.9. The second-order valence-corrected chi connectivity index (χ2v) is 10.0. The number of hydrogen-bond donors (Lipinski definition) is 0. The van der Waals surface area contributed by atoms with Crippen LogP contribution in [0.2, 0.25) is 5.02 Å². The number of Topliss-reactive ketones (excluding diaryl/α,β-unsaturated/α-hetero) is 1. The lowest BCUT2D eigenvalue weighted by molar-refractivity contribution is 0.0969. The molecule has 0 spiro atoms. The number of ether oxygens (including phenoxy) is 1. The van der Waals surface area contributed by atoms with Crippen LogP contribution in [0.25, 0.3) is 0 Å². The maximum Gasteiger partial charge on any atom is 0.270 e. The highest BCUT2D eigenvalue weighted by molar-refractivity contribution is 7.14. The molecule has 3 heterocycles. The molecule has 35 heavy (non-hydrogen) atoms. The third kappa shape index (κ3) is 5.70. The normalized spacial score (nSPS) is 13.4. The molecule has 0 bridgehead atoms. The summed E-state index contributed by atoms with van der Waals surface area (Å²) in [6.45, 7) is 2.71. The first-order valence-electron chi connectivity index (χ1n) is 11.4. The SMILES string of the molecule is O=C(Cn1ncc(OCc2ccccc2)cc1=O)c1cc2c(s1)CCN(Cc1ccccc1Cl)C2. The quantitative estimate of drug-likeness (QED) is 0.316. The van der Waals surface area contributed by atoms with Gasteiger partial charge in [-0.25, -0.2) is 4.68 Å². The fourth-order valence-corrected chi connectivity index (χ4v) is 5.39. The predicted molar refractivity (Wildman–Crippen MR) is 137 cm³/mol. The summed E-state index contributed by atoms with van der Waals surface area (Å²) >= 11 is 7.84. The zero-order valence-electron chi connectivity index (χ0n) is 19.0. The van der Waals surface area contributed by atoms with Crippen LogP contribution in [-0.4, -0.2) is 27.0 Å². The fraction of sp³-hybridized carbons (Fsp3) is 0.222. The highest BCUT2D eigenvalue weighted by Crippen LogP contribution is 2.30. The first kappa shape index (κ1) is 23.5. The highest BCUT2D eigenvalue weighted by Gasteiger charge is 2.22. The number of nitrogens with zero attached hydrogens (tertiary/aromatic N) is 3. The number of thiophene rings is 1. The maximum absolute atomic E-state index is 12.9. The van der Waals surface area contributed by atoms with Gasteiger partial charge in [0, 0.05) is 35.6 Å². The Morgan fingerprint density at radius 2 is 1.89 bits per heavy atom. The van der Waals surface area contributed by atoms with Gasteiger partial charge < -0.3 is 4.74 Å². The molecule has 0 radical (unpaired) electrons. The van der Waals surface area contributed by atoms with Crippen LogP contribution >= 0.6 is 22.9 Å². The number of carbonyl (C=O) groups is 1. The van der Waals surface area contributed by atoms with Gasteiger partial charge in [0.2, 0.25) is 0 Å². The van der Waals surface area contributed by atoms with E-state index in [-0.39, 0.29) is 17.9 Å². The van der Waals surface area contributed by atoms with Crippen molar-refractivity contribution in [2.24, 2.45) is 0 Å². The van der Waals surface area contributed by atoms with E-state index >= 15 is 0 Å². The van der Waals surface area contributed by atoms with Crippen molar-refractivity contribution >= 4 is 28.7 Å². The van der Waals surface area contributed by atoms with Crippen molar-refractivity contribution < 1.29 is 9.53 Å². The molecule has 1 aliphatic heterocycles. The Morgan fingerprint density at radius 3 is 2.69 bits per heavy atom. The van der Waals surface area contributed by atoms with Crippen molar-refractivity contribution in [2.75, 3.05) is 6.54 Å². The summed E-state index contributed by atoms with van der Waals surface area (Å²) < 4.78 is 6.84. The van der Waals surface area contributed by atoms with Crippen molar-refractivity contribution in [1.29, 1.82) is 0 Å². The monoisotopic (exact) mass is 505 g/mol. The van der Waals surface area contributed by atoms with E-state index in [1.807, 2.05) is 60.7 Å². The van der Waals surface area contributed by atoms with Crippen LogP contribution in [0.4, 0.5) is 0 Å². The molecule has 0 amide bonds. The molecule has 0 saturated carbocycles. The average molecular weight is 506 g/mol. The van der Waals surface area contributed by atoms with Crippen molar-refractivity contribution in [1.82, 2.24) is 14.7 Å². The second-order valence-electron chi connectivity index (χ2n) is 8.50. The van der Waals surface area contributed by atoms with Crippen LogP contribution < -0.4 is 10.3 Å².